The number of hydrogen-bond donors (Lipinski definition) is 2. The molecule has 0 atom stereocenters. The number of benzene rings is 4. The van der Waals surface area contributed by atoms with Crippen LogP contribution in [0.2, 0.25) is 0 Å². The van der Waals surface area contributed by atoms with Crippen molar-refractivity contribution in [2.75, 3.05) is 26.3 Å². The van der Waals surface area contributed by atoms with Crippen LogP contribution in [0.3, 0.4) is 0 Å². The van der Waals surface area contributed by atoms with Gasteiger partial charge in [0.1, 0.15) is 37.9 Å². The van der Waals surface area contributed by atoms with E-state index in [1.54, 1.807) is 6.07 Å². The minimum Gasteiger partial charge on any atom is -0.488 e. The van der Waals surface area contributed by atoms with Crippen molar-refractivity contribution >= 4 is 21.8 Å². The second-order valence-corrected chi connectivity index (χ2v) is 11.2. The fourth-order valence-corrected chi connectivity index (χ4v) is 5.42. The topological polar surface area (TPSA) is 102 Å². The SMILES string of the molecule is CC(=O)NCCNCc1cc(Br)c(OCc2cccc(-c3ccc4c(c3)OCCO4)c2C)cc1OCc1cccc(C#N)c1. The minimum atomic E-state index is -0.0632. The Morgan fingerprint density at radius 2 is 1.70 bits per heavy atom. The lowest BCUT2D eigenvalue weighted by molar-refractivity contribution is -0.118. The van der Waals surface area contributed by atoms with Crippen LogP contribution in [0.25, 0.3) is 11.1 Å². The molecular formula is C35H34BrN3O5. The van der Waals surface area contributed by atoms with E-state index in [4.69, 9.17) is 18.9 Å². The van der Waals surface area contributed by atoms with Gasteiger partial charge in [0.25, 0.3) is 0 Å². The largest absolute Gasteiger partial charge is 0.488 e. The molecule has 1 amide bonds. The van der Waals surface area contributed by atoms with Crippen LogP contribution in [0, 0.1) is 18.3 Å². The summed E-state index contributed by atoms with van der Waals surface area (Å²) in [5.41, 5.74) is 6.75. The maximum atomic E-state index is 11.2. The molecule has 0 aromatic heterocycles. The lowest BCUT2D eigenvalue weighted by atomic mass is 9.96. The van der Waals surface area contributed by atoms with Crippen molar-refractivity contribution in [3.8, 4) is 40.2 Å². The number of rotatable bonds is 12. The number of halogens is 1. The zero-order valence-corrected chi connectivity index (χ0v) is 26.3. The fourth-order valence-electron chi connectivity index (χ4n) is 4.92. The molecule has 9 heteroatoms. The first kappa shape index (κ1) is 30.9. The first-order valence-electron chi connectivity index (χ1n) is 14.4. The molecule has 0 saturated carbocycles. The summed E-state index contributed by atoms with van der Waals surface area (Å²) in [5, 5.41) is 15.4. The molecule has 0 bridgehead atoms. The van der Waals surface area contributed by atoms with Gasteiger partial charge in [0.2, 0.25) is 5.91 Å². The van der Waals surface area contributed by atoms with Crippen molar-refractivity contribution in [2.45, 2.75) is 33.6 Å². The average molecular weight is 657 g/mol. The number of amides is 1. The molecule has 4 aromatic rings. The van der Waals surface area contributed by atoms with E-state index in [-0.39, 0.29) is 5.91 Å². The molecule has 1 aliphatic heterocycles. The summed E-state index contributed by atoms with van der Waals surface area (Å²) < 4.78 is 24.9. The number of fused-ring (bicyclic) bond motifs is 1. The quantitative estimate of drug-likeness (QED) is 0.169. The Bertz CT molecular complexity index is 1680. The standard InChI is InChI=1S/C35H34BrN3O5/c1-23-28(7-4-8-30(23)27-9-10-32-35(17-27)42-14-13-41-32)22-44-34-18-33(43-21-26-6-3-5-25(15-26)19-37)29(16-31(34)36)20-38-11-12-39-24(2)40/h3-10,15-18,38H,11-14,20-22H2,1-2H3,(H,39,40). The second kappa shape index (κ2) is 14.8. The summed E-state index contributed by atoms with van der Waals surface area (Å²) in [6, 6.07) is 25.6. The molecule has 0 unspecified atom stereocenters. The monoisotopic (exact) mass is 655 g/mol. The highest BCUT2D eigenvalue weighted by atomic mass is 79.9. The van der Waals surface area contributed by atoms with Crippen LogP contribution in [-0.4, -0.2) is 32.2 Å². The Morgan fingerprint density at radius 3 is 2.52 bits per heavy atom. The van der Waals surface area contributed by atoms with Crippen LogP contribution >= 0.6 is 15.9 Å². The van der Waals surface area contributed by atoms with E-state index in [1.807, 2.05) is 48.5 Å². The molecule has 0 spiro atoms. The van der Waals surface area contributed by atoms with Gasteiger partial charge in [-0.3, -0.25) is 4.79 Å². The van der Waals surface area contributed by atoms with Crippen LogP contribution < -0.4 is 29.6 Å². The molecule has 226 valence electrons. The third kappa shape index (κ3) is 7.90. The van der Waals surface area contributed by atoms with Gasteiger partial charge in [-0.25, -0.2) is 0 Å². The number of carbonyl (C=O) groups excluding carboxylic acids is 1. The summed E-state index contributed by atoms with van der Waals surface area (Å²) in [6.45, 7) is 7.03. The lowest BCUT2D eigenvalue weighted by Gasteiger charge is -2.20. The summed E-state index contributed by atoms with van der Waals surface area (Å²) in [7, 11) is 0. The second-order valence-electron chi connectivity index (χ2n) is 10.4. The number of nitrogens with zero attached hydrogens (tertiary/aromatic N) is 1. The highest BCUT2D eigenvalue weighted by Gasteiger charge is 2.16. The van der Waals surface area contributed by atoms with Gasteiger partial charge in [-0.2, -0.15) is 5.26 Å². The van der Waals surface area contributed by atoms with Gasteiger partial charge in [0, 0.05) is 38.2 Å². The van der Waals surface area contributed by atoms with Crippen molar-refractivity contribution in [2.24, 2.45) is 0 Å². The Balaban J connectivity index is 1.33. The zero-order chi connectivity index (χ0) is 30.9. The molecule has 44 heavy (non-hydrogen) atoms. The minimum absolute atomic E-state index is 0.0632. The third-order valence-electron chi connectivity index (χ3n) is 7.24. The molecule has 0 aliphatic carbocycles. The van der Waals surface area contributed by atoms with Crippen molar-refractivity contribution in [3.05, 3.63) is 105 Å². The van der Waals surface area contributed by atoms with Crippen LogP contribution in [-0.2, 0) is 24.6 Å². The summed E-state index contributed by atoms with van der Waals surface area (Å²) in [6.07, 6.45) is 0. The Morgan fingerprint density at radius 1 is 0.909 bits per heavy atom. The summed E-state index contributed by atoms with van der Waals surface area (Å²) in [4.78, 5) is 11.2. The number of ether oxygens (including phenoxy) is 4. The molecule has 0 fully saturated rings. The maximum Gasteiger partial charge on any atom is 0.216 e. The molecule has 0 saturated heterocycles. The van der Waals surface area contributed by atoms with Crippen molar-refractivity contribution in [1.82, 2.24) is 10.6 Å². The van der Waals surface area contributed by atoms with E-state index >= 15 is 0 Å². The van der Waals surface area contributed by atoms with Gasteiger partial charge < -0.3 is 29.6 Å². The Kier molecular flexibility index (Phi) is 10.4. The number of nitriles is 1. The van der Waals surface area contributed by atoms with Gasteiger partial charge in [0.15, 0.2) is 11.5 Å². The van der Waals surface area contributed by atoms with Crippen LogP contribution in [0.5, 0.6) is 23.0 Å². The van der Waals surface area contributed by atoms with Crippen molar-refractivity contribution < 1.29 is 23.7 Å². The highest BCUT2D eigenvalue weighted by molar-refractivity contribution is 9.10. The van der Waals surface area contributed by atoms with E-state index in [0.717, 1.165) is 49.4 Å². The smallest absolute Gasteiger partial charge is 0.216 e. The molecule has 1 heterocycles. The maximum absolute atomic E-state index is 11.2. The van der Waals surface area contributed by atoms with E-state index in [2.05, 4.69) is 57.8 Å². The number of carbonyl (C=O) groups is 1. The first-order valence-corrected chi connectivity index (χ1v) is 15.2. The zero-order valence-electron chi connectivity index (χ0n) is 24.7. The van der Waals surface area contributed by atoms with Gasteiger partial charge in [-0.15, -0.1) is 0 Å². The normalized spacial score (nSPS) is 11.9. The summed E-state index contributed by atoms with van der Waals surface area (Å²) >= 11 is 3.69. The van der Waals surface area contributed by atoms with Crippen LogP contribution in [0.15, 0.2) is 77.3 Å². The molecule has 8 nitrogen and oxygen atoms in total. The summed E-state index contributed by atoms with van der Waals surface area (Å²) in [5.74, 6) is 2.78. The molecule has 1 aliphatic rings. The predicted molar refractivity (Wildman–Crippen MR) is 172 cm³/mol. The number of nitrogens with one attached hydrogen (secondary N) is 2. The van der Waals surface area contributed by atoms with Gasteiger partial charge >= 0.3 is 0 Å². The van der Waals surface area contributed by atoms with Crippen LogP contribution in [0.1, 0.15) is 34.7 Å². The van der Waals surface area contributed by atoms with Gasteiger partial charge in [-0.1, -0.05) is 36.4 Å². The van der Waals surface area contributed by atoms with E-state index in [1.165, 1.54) is 6.92 Å². The molecular weight excluding hydrogens is 622 g/mol. The van der Waals surface area contributed by atoms with E-state index in [0.29, 0.717) is 63.1 Å². The van der Waals surface area contributed by atoms with Crippen molar-refractivity contribution in [3.63, 3.8) is 0 Å². The van der Waals surface area contributed by atoms with E-state index in [9.17, 15) is 10.1 Å². The van der Waals surface area contributed by atoms with Gasteiger partial charge in [0.05, 0.1) is 16.1 Å². The third-order valence-corrected chi connectivity index (χ3v) is 7.86. The molecule has 4 aromatic carbocycles. The highest BCUT2D eigenvalue weighted by Crippen LogP contribution is 2.37. The molecule has 5 rings (SSSR count). The first-order chi connectivity index (χ1) is 21.4. The number of hydrogen-bond acceptors (Lipinski definition) is 7. The molecule has 0 radical (unpaired) electrons. The fraction of sp³-hybridized carbons (Fsp3) is 0.257. The lowest BCUT2D eigenvalue weighted by Crippen LogP contribution is -2.30. The Hall–Kier alpha value is -4.52. The average Bonchev–Trinajstić information content (AvgIpc) is 3.04. The molecule has 2 N–H and O–H groups in total. The van der Waals surface area contributed by atoms with Crippen molar-refractivity contribution in [1.29, 1.82) is 5.26 Å². The van der Waals surface area contributed by atoms with Crippen LogP contribution in [0.4, 0.5) is 0 Å². The van der Waals surface area contributed by atoms with E-state index < -0.39 is 0 Å². The van der Waals surface area contributed by atoms with Gasteiger partial charge in [-0.05, 0) is 81.0 Å². The Labute approximate surface area is 266 Å². The predicted octanol–water partition coefficient (Wildman–Crippen LogP) is 6.45.